The van der Waals surface area contributed by atoms with Crippen molar-refractivity contribution < 1.29 is 4.74 Å². The van der Waals surface area contributed by atoms with Crippen molar-refractivity contribution in [2.24, 2.45) is 11.1 Å². The first-order valence-corrected chi connectivity index (χ1v) is 7.34. The Bertz CT molecular complexity index is 411. The zero-order chi connectivity index (χ0) is 11.9. The lowest BCUT2D eigenvalue weighted by molar-refractivity contribution is -0.0178. The third kappa shape index (κ3) is 1.65. The van der Waals surface area contributed by atoms with Crippen LogP contribution in [0.5, 0.6) is 0 Å². The standard InChI is InChI=1S/C13H20N2OS/c1-10-9-17-11(15-10)13(14)4-2-3-12(13)5-7-16-8-6-12/h9H,2-8,14H2,1H3. The van der Waals surface area contributed by atoms with Gasteiger partial charge in [-0.2, -0.15) is 0 Å². The van der Waals surface area contributed by atoms with E-state index >= 15 is 0 Å². The van der Waals surface area contributed by atoms with Crippen LogP contribution in [0.4, 0.5) is 0 Å². The lowest BCUT2D eigenvalue weighted by Gasteiger charge is -2.45. The van der Waals surface area contributed by atoms with Gasteiger partial charge in [-0.1, -0.05) is 6.42 Å². The molecular weight excluding hydrogens is 232 g/mol. The predicted molar refractivity (Wildman–Crippen MR) is 69.1 cm³/mol. The summed E-state index contributed by atoms with van der Waals surface area (Å²) in [5.74, 6) is 0. The SMILES string of the molecule is Cc1csc(C2(N)CCCC23CCOCC3)n1. The first-order chi connectivity index (χ1) is 8.16. The van der Waals surface area contributed by atoms with Gasteiger partial charge >= 0.3 is 0 Å². The molecular formula is C13H20N2OS. The van der Waals surface area contributed by atoms with Crippen molar-refractivity contribution in [3.63, 3.8) is 0 Å². The highest BCUT2D eigenvalue weighted by Crippen LogP contribution is 2.56. The van der Waals surface area contributed by atoms with Gasteiger partial charge in [0.05, 0.1) is 5.54 Å². The average Bonchev–Trinajstić information content (AvgIpc) is 2.88. The highest BCUT2D eigenvalue weighted by Gasteiger charge is 2.55. The molecule has 3 rings (SSSR count). The smallest absolute Gasteiger partial charge is 0.113 e. The van der Waals surface area contributed by atoms with Crippen molar-refractivity contribution in [3.8, 4) is 0 Å². The number of nitrogens with zero attached hydrogens (tertiary/aromatic N) is 1. The number of nitrogens with two attached hydrogens (primary N) is 1. The van der Waals surface area contributed by atoms with E-state index in [-0.39, 0.29) is 11.0 Å². The van der Waals surface area contributed by atoms with Crippen LogP contribution in [0, 0.1) is 12.3 Å². The lowest BCUT2D eigenvalue weighted by atomic mass is 9.67. The molecule has 17 heavy (non-hydrogen) atoms. The van der Waals surface area contributed by atoms with Crippen LogP contribution < -0.4 is 5.73 Å². The Morgan fingerprint density at radius 1 is 1.29 bits per heavy atom. The van der Waals surface area contributed by atoms with Gasteiger partial charge in [0.1, 0.15) is 5.01 Å². The van der Waals surface area contributed by atoms with Gasteiger partial charge in [-0.25, -0.2) is 4.98 Å². The van der Waals surface area contributed by atoms with E-state index in [1.165, 1.54) is 12.8 Å². The summed E-state index contributed by atoms with van der Waals surface area (Å²) >= 11 is 1.74. The molecule has 1 aliphatic carbocycles. The Labute approximate surface area is 106 Å². The minimum atomic E-state index is -0.199. The maximum atomic E-state index is 6.80. The van der Waals surface area contributed by atoms with E-state index in [4.69, 9.17) is 10.5 Å². The third-order valence-corrected chi connectivity index (χ3v) is 5.76. The summed E-state index contributed by atoms with van der Waals surface area (Å²) < 4.78 is 5.52. The fourth-order valence-corrected chi connectivity index (χ4v) is 4.61. The van der Waals surface area contributed by atoms with E-state index in [9.17, 15) is 0 Å². The summed E-state index contributed by atoms with van der Waals surface area (Å²) in [6, 6.07) is 0. The molecule has 2 aliphatic rings. The average molecular weight is 252 g/mol. The van der Waals surface area contributed by atoms with Crippen molar-refractivity contribution in [1.82, 2.24) is 4.98 Å². The minimum Gasteiger partial charge on any atom is -0.381 e. The Hall–Kier alpha value is -0.450. The molecule has 2 fully saturated rings. The van der Waals surface area contributed by atoms with Crippen molar-refractivity contribution >= 4 is 11.3 Å². The highest BCUT2D eigenvalue weighted by atomic mass is 32.1. The normalized spacial score (nSPS) is 32.1. The van der Waals surface area contributed by atoms with Gasteiger partial charge in [0.2, 0.25) is 0 Å². The van der Waals surface area contributed by atoms with Gasteiger partial charge in [0.25, 0.3) is 0 Å². The highest BCUT2D eigenvalue weighted by molar-refractivity contribution is 7.09. The summed E-state index contributed by atoms with van der Waals surface area (Å²) in [4.78, 5) is 4.67. The predicted octanol–water partition coefficient (Wildman–Crippen LogP) is 2.59. The molecule has 1 aromatic rings. The van der Waals surface area contributed by atoms with Gasteiger partial charge in [0, 0.05) is 24.3 Å². The second-order valence-electron chi connectivity index (χ2n) is 5.51. The summed E-state index contributed by atoms with van der Waals surface area (Å²) in [5.41, 5.74) is 7.94. The zero-order valence-electron chi connectivity index (χ0n) is 10.4. The van der Waals surface area contributed by atoms with E-state index in [0.29, 0.717) is 0 Å². The number of hydrogen-bond acceptors (Lipinski definition) is 4. The molecule has 1 saturated carbocycles. The number of aryl methyl sites for hydroxylation is 1. The quantitative estimate of drug-likeness (QED) is 0.835. The van der Waals surface area contributed by atoms with Crippen molar-refractivity contribution in [2.45, 2.75) is 44.6 Å². The number of thiazole rings is 1. The monoisotopic (exact) mass is 252 g/mol. The van der Waals surface area contributed by atoms with Crippen LogP contribution in [0.25, 0.3) is 0 Å². The molecule has 0 radical (unpaired) electrons. The Kier molecular flexibility index (Phi) is 2.76. The van der Waals surface area contributed by atoms with Crippen molar-refractivity contribution in [3.05, 3.63) is 16.1 Å². The zero-order valence-corrected chi connectivity index (χ0v) is 11.2. The van der Waals surface area contributed by atoms with Gasteiger partial charge in [0.15, 0.2) is 0 Å². The maximum absolute atomic E-state index is 6.80. The van der Waals surface area contributed by atoms with Gasteiger partial charge < -0.3 is 10.5 Å². The van der Waals surface area contributed by atoms with E-state index in [0.717, 1.165) is 43.2 Å². The Morgan fingerprint density at radius 2 is 2.06 bits per heavy atom. The topological polar surface area (TPSA) is 48.1 Å². The Morgan fingerprint density at radius 3 is 2.71 bits per heavy atom. The third-order valence-electron chi connectivity index (χ3n) is 4.62. The molecule has 0 bridgehead atoms. The molecule has 1 aromatic heterocycles. The molecule has 0 amide bonds. The largest absolute Gasteiger partial charge is 0.381 e. The van der Waals surface area contributed by atoms with E-state index in [1.807, 2.05) is 0 Å². The number of aromatic nitrogens is 1. The van der Waals surface area contributed by atoms with Gasteiger partial charge in [-0.15, -0.1) is 11.3 Å². The fourth-order valence-electron chi connectivity index (χ4n) is 3.54. The summed E-state index contributed by atoms with van der Waals surface area (Å²) in [6.07, 6.45) is 5.75. The van der Waals surface area contributed by atoms with Crippen molar-refractivity contribution in [2.75, 3.05) is 13.2 Å². The summed E-state index contributed by atoms with van der Waals surface area (Å²) in [7, 11) is 0. The Balaban J connectivity index is 1.99. The van der Waals surface area contributed by atoms with E-state index in [1.54, 1.807) is 11.3 Å². The van der Waals surface area contributed by atoms with Crippen molar-refractivity contribution in [1.29, 1.82) is 0 Å². The molecule has 0 aromatic carbocycles. The van der Waals surface area contributed by atoms with Gasteiger partial charge in [-0.3, -0.25) is 0 Å². The van der Waals surface area contributed by atoms with E-state index < -0.39 is 0 Å². The van der Waals surface area contributed by atoms with Crippen LogP contribution >= 0.6 is 11.3 Å². The summed E-state index contributed by atoms with van der Waals surface area (Å²) in [5, 5.41) is 3.27. The first-order valence-electron chi connectivity index (χ1n) is 6.46. The molecule has 1 spiro atoms. The van der Waals surface area contributed by atoms with Crippen LogP contribution in [0.3, 0.4) is 0 Å². The number of rotatable bonds is 1. The first kappa shape index (κ1) is 11.6. The molecule has 2 heterocycles. The molecule has 1 atom stereocenters. The van der Waals surface area contributed by atoms with Crippen LogP contribution in [-0.2, 0) is 10.3 Å². The maximum Gasteiger partial charge on any atom is 0.113 e. The summed E-state index contributed by atoms with van der Waals surface area (Å²) in [6.45, 7) is 3.78. The number of ether oxygens (including phenoxy) is 1. The second-order valence-corrected chi connectivity index (χ2v) is 6.37. The van der Waals surface area contributed by atoms with Crippen LogP contribution in [-0.4, -0.2) is 18.2 Å². The molecule has 4 heteroatoms. The molecule has 94 valence electrons. The fraction of sp³-hybridized carbons (Fsp3) is 0.769. The number of hydrogen-bond donors (Lipinski definition) is 1. The molecule has 2 N–H and O–H groups in total. The second kappa shape index (κ2) is 4.04. The molecule has 1 unspecified atom stereocenters. The molecule has 1 aliphatic heterocycles. The molecule has 1 saturated heterocycles. The van der Waals surface area contributed by atoms with E-state index in [2.05, 4.69) is 17.3 Å². The van der Waals surface area contributed by atoms with Crippen LogP contribution in [0.2, 0.25) is 0 Å². The lowest BCUT2D eigenvalue weighted by Crippen LogP contribution is -2.51. The minimum absolute atomic E-state index is 0.199. The van der Waals surface area contributed by atoms with Crippen LogP contribution in [0.1, 0.15) is 42.8 Å². The molecule has 3 nitrogen and oxygen atoms in total. The van der Waals surface area contributed by atoms with Gasteiger partial charge in [-0.05, 0) is 38.0 Å². The van der Waals surface area contributed by atoms with Crippen LogP contribution in [0.15, 0.2) is 5.38 Å².